The van der Waals surface area contributed by atoms with E-state index in [2.05, 4.69) is 10.3 Å². The number of carboxylic acids is 1. The zero-order chi connectivity index (χ0) is 30.2. The van der Waals surface area contributed by atoms with E-state index in [0.29, 0.717) is 42.4 Å². The van der Waals surface area contributed by atoms with Crippen LogP contribution in [-0.2, 0) is 33.7 Å². The molecule has 0 saturated carbocycles. The number of oxazole rings is 1. The van der Waals surface area contributed by atoms with Gasteiger partial charge in [0, 0.05) is 24.9 Å². The minimum absolute atomic E-state index is 0.188. The Bertz CT molecular complexity index is 1350. The summed E-state index contributed by atoms with van der Waals surface area (Å²) in [5.41, 5.74) is 2.73. The average molecular weight is 567 g/mol. The molecule has 41 heavy (non-hydrogen) atoms. The summed E-state index contributed by atoms with van der Waals surface area (Å²) >= 11 is 0. The number of carbonyl (C=O) groups is 3. The number of hydrogen-bond donors (Lipinski definition) is 2. The molecule has 1 heterocycles. The monoisotopic (exact) mass is 566 g/mol. The highest BCUT2D eigenvalue weighted by Crippen LogP contribution is 2.24. The number of carboxylic acid groups (broad SMARTS) is 1. The van der Waals surface area contributed by atoms with E-state index in [1.807, 2.05) is 45.9 Å². The topological polar surface area (TPSA) is 137 Å². The average Bonchev–Trinajstić information content (AvgIpc) is 3.25. The molecular weight excluding hydrogens is 528 g/mol. The molecular formula is C31H38N2O8. The van der Waals surface area contributed by atoms with Crippen molar-refractivity contribution in [3.8, 4) is 17.2 Å². The Morgan fingerprint density at radius 2 is 1.73 bits per heavy atom. The molecule has 0 spiro atoms. The summed E-state index contributed by atoms with van der Waals surface area (Å²) in [6, 6.07) is 11.9. The second-order valence-corrected chi connectivity index (χ2v) is 10.8. The van der Waals surface area contributed by atoms with E-state index in [1.165, 1.54) is 12.1 Å². The highest BCUT2D eigenvalue weighted by molar-refractivity contribution is 5.88. The Kier molecular flexibility index (Phi) is 10.5. The van der Waals surface area contributed by atoms with Crippen molar-refractivity contribution < 1.29 is 38.1 Å². The number of aromatic carboxylic acids is 1. The lowest BCUT2D eigenvalue weighted by molar-refractivity contribution is -0.154. The van der Waals surface area contributed by atoms with Crippen LogP contribution in [0.1, 0.15) is 74.0 Å². The Hall–Kier alpha value is -4.34. The number of rotatable bonds is 12. The lowest BCUT2D eigenvalue weighted by atomic mass is 10.0. The summed E-state index contributed by atoms with van der Waals surface area (Å²) < 4.78 is 22.4. The van der Waals surface area contributed by atoms with Crippen LogP contribution in [0.5, 0.6) is 5.75 Å². The van der Waals surface area contributed by atoms with E-state index in [0.717, 1.165) is 16.8 Å². The maximum Gasteiger partial charge on any atom is 0.407 e. The molecule has 0 aliphatic heterocycles. The van der Waals surface area contributed by atoms with Crippen LogP contribution in [0.4, 0.5) is 4.79 Å². The maximum absolute atomic E-state index is 12.3. The van der Waals surface area contributed by atoms with E-state index >= 15 is 0 Å². The standard InChI is InChI=1S/C31H38N2O8/c1-19(2)39-30(37)32-18-24-17-25(13-11-21(24)12-14-27(34)41-31(4,5)6)38-16-15-26-20(3)40-28(33-26)22-7-9-23(10-8-22)29(35)36/h7-11,13,17,19H,12,14-16,18H2,1-6H3,(H,32,37)(H,35,36). The predicted molar refractivity (Wildman–Crippen MR) is 152 cm³/mol. The maximum atomic E-state index is 12.3. The van der Waals surface area contributed by atoms with Crippen molar-refractivity contribution in [1.29, 1.82) is 0 Å². The Labute approximate surface area is 240 Å². The number of esters is 1. The minimum atomic E-state index is -0.997. The summed E-state index contributed by atoms with van der Waals surface area (Å²) in [6.07, 6.45) is 0.352. The first kappa shape index (κ1) is 31.2. The summed E-state index contributed by atoms with van der Waals surface area (Å²) in [6.45, 7) is 11.4. The van der Waals surface area contributed by atoms with Crippen LogP contribution in [0.15, 0.2) is 46.9 Å². The smallest absolute Gasteiger partial charge is 0.407 e. The second kappa shape index (κ2) is 13.8. The van der Waals surface area contributed by atoms with E-state index in [4.69, 9.17) is 23.7 Å². The molecule has 0 saturated heterocycles. The Morgan fingerprint density at radius 3 is 2.37 bits per heavy atom. The summed E-state index contributed by atoms with van der Waals surface area (Å²) in [4.78, 5) is 40.0. The fourth-order valence-electron chi connectivity index (χ4n) is 3.96. The van der Waals surface area contributed by atoms with E-state index < -0.39 is 17.7 Å². The first-order chi connectivity index (χ1) is 19.3. The molecule has 2 N–H and O–H groups in total. The van der Waals surface area contributed by atoms with Crippen molar-refractivity contribution in [3.63, 3.8) is 0 Å². The molecule has 0 fully saturated rings. The number of aromatic nitrogens is 1. The van der Waals surface area contributed by atoms with E-state index in [9.17, 15) is 14.4 Å². The van der Waals surface area contributed by atoms with Crippen molar-refractivity contribution in [3.05, 3.63) is 70.6 Å². The number of aryl methyl sites for hydroxylation is 2. The molecule has 3 aromatic rings. The second-order valence-electron chi connectivity index (χ2n) is 10.8. The molecule has 2 aromatic carbocycles. The molecule has 0 aliphatic carbocycles. The zero-order valence-electron chi connectivity index (χ0n) is 24.4. The van der Waals surface area contributed by atoms with Gasteiger partial charge in [0.15, 0.2) is 0 Å². The molecule has 0 atom stereocenters. The predicted octanol–water partition coefficient (Wildman–Crippen LogP) is 5.88. The van der Waals surface area contributed by atoms with Gasteiger partial charge in [0.05, 0.1) is 24.0 Å². The lowest BCUT2D eigenvalue weighted by Gasteiger charge is -2.20. The van der Waals surface area contributed by atoms with Crippen molar-refractivity contribution >= 4 is 18.0 Å². The number of hydrogen-bond acceptors (Lipinski definition) is 8. The number of amides is 1. The van der Waals surface area contributed by atoms with Crippen LogP contribution < -0.4 is 10.1 Å². The molecule has 1 amide bonds. The molecule has 0 aliphatic rings. The van der Waals surface area contributed by atoms with Gasteiger partial charge < -0.3 is 29.1 Å². The third-order valence-corrected chi connectivity index (χ3v) is 5.84. The Balaban J connectivity index is 1.66. The molecule has 10 heteroatoms. The largest absolute Gasteiger partial charge is 0.493 e. The van der Waals surface area contributed by atoms with Crippen LogP contribution in [-0.4, -0.2) is 46.4 Å². The first-order valence-electron chi connectivity index (χ1n) is 13.5. The number of benzene rings is 2. The molecule has 3 rings (SSSR count). The third kappa shape index (κ3) is 9.97. The summed E-state index contributed by atoms with van der Waals surface area (Å²) in [7, 11) is 0. The SMILES string of the molecule is Cc1oc(-c2ccc(C(=O)O)cc2)nc1CCOc1ccc(CCC(=O)OC(C)(C)C)c(CNC(=O)OC(C)C)c1. The number of alkyl carbamates (subject to hydrolysis) is 1. The Morgan fingerprint density at radius 1 is 1.02 bits per heavy atom. The zero-order valence-corrected chi connectivity index (χ0v) is 24.4. The van der Waals surface area contributed by atoms with Gasteiger partial charge >= 0.3 is 18.0 Å². The van der Waals surface area contributed by atoms with Crippen LogP contribution in [0.2, 0.25) is 0 Å². The molecule has 0 radical (unpaired) electrons. The van der Waals surface area contributed by atoms with Gasteiger partial charge in [0.25, 0.3) is 0 Å². The first-order valence-corrected chi connectivity index (χ1v) is 13.5. The molecule has 220 valence electrons. The van der Waals surface area contributed by atoms with E-state index in [-0.39, 0.29) is 30.6 Å². The summed E-state index contributed by atoms with van der Waals surface area (Å²) in [5.74, 6) is 0.368. The van der Waals surface area contributed by atoms with Gasteiger partial charge in [0.2, 0.25) is 5.89 Å². The number of ether oxygens (including phenoxy) is 3. The fourth-order valence-corrected chi connectivity index (χ4v) is 3.96. The lowest BCUT2D eigenvalue weighted by Crippen LogP contribution is -2.27. The minimum Gasteiger partial charge on any atom is -0.493 e. The van der Waals surface area contributed by atoms with Gasteiger partial charge in [-0.25, -0.2) is 14.6 Å². The summed E-state index contributed by atoms with van der Waals surface area (Å²) in [5, 5.41) is 11.8. The van der Waals surface area contributed by atoms with Crippen LogP contribution in [0.3, 0.4) is 0 Å². The fraction of sp³-hybridized carbons (Fsp3) is 0.419. The highest BCUT2D eigenvalue weighted by Gasteiger charge is 2.18. The van der Waals surface area contributed by atoms with Crippen LogP contribution >= 0.6 is 0 Å². The third-order valence-electron chi connectivity index (χ3n) is 5.84. The highest BCUT2D eigenvalue weighted by atomic mass is 16.6. The van der Waals surface area contributed by atoms with Gasteiger partial charge in [-0.15, -0.1) is 0 Å². The van der Waals surface area contributed by atoms with Gasteiger partial charge in [0.1, 0.15) is 17.1 Å². The van der Waals surface area contributed by atoms with E-state index in [1.54, 1.807) is 26.0 Å². The normalized spacial score (nSPS) is 11.3. The van der Waals surface area contributed by atoms with Crippen LogP contribution in [0.25, 0.3) is 11.5 Å². The number of nitrogens with one attached hydrogen (secondary N) is 1. The molecule has 1 aromatic heterocycles. The van der Waals surface area contributed by atoms with Gasteiger partial charge in [-0.2, -0.15) is 0 Å². The van der Waals surface area contributed by atoms with Gasteiger partial charge in [-0.05, 0) is 95.5 Å². The van der Waals surface area contributed by atoms with Gasteiger partial charge in [-0.3, -0.25) is 4.79 Å². The van der Waals surface area contributed by atoms with Gasteiger partial charge in [-0.1, -0.05) is 6.07 Å². The number of nitrogens with zero attached hydrogens (tertiary/aromatic N) is 1. The van der Waals surface area contributed by atoms with Crippen LogP contribution in [0, 0.1) is 6.92 Å². The van der Waals surface area contributed by atoms with Crippen molar-refractivity contribution in [2.75, 3.05) is 6.61 Å². The quantitative estimate of drug-likeness (QED) is 0.258. The van der Waals surface area contributed by atoms with Crippen molar-refractivity contribution in [2.45, 2.75) is 79.1 Å². The molecule has 0 bridgehead atoms. The van der Waals surface area contributed by atoms with Crippen molar-refractivity contribution in [2.24, 2.45) is 0 Å². The molecule has 10 nitrogen and oxygen atoms in total. The van der Waals surface area contributed by atoms with Crippen molar-refractivity contribution in [1.82, 2.24) is 10.3 Å². The number of carbonyl (C=O) groups excluding carboxylic acids is 2. The molecule has 0 unspecified atom stereocenters.